The Morgan fingerprint density at radius 2 is 0.689 bits per heavy atom. The predicted octanol–water partition coefficient (Wildman–Crippen LogP) is 25.4. The summed E-state index contributed by atoms with van der Waals surface area (Å²) in [6.45, 7) is 0. The Hall–Kier alpha value is -10.9. The molecule has 1 aliphatic carbocycles. The van der Waals surface area contributed by atoms with Gasteiger partial charge in [-0.25, -0.2) is 0 Å². The van der Waals surface area contributed by atoms with Gasteiger partial charge in [0, 0.05) is 67.9 Å². The fourth-order valence-electron chi connectivity index (χ4n) is 14.3. The summed E-state index contributed by atoms with van der Waals surface area (Å²) in [6.07, 6.45) is 12.2. The molecule has 1 nitrogen and oxygen atoms in total. The molecule has 0 spiro atoms. The van der Waals surface area contributed by atoms with Crippen LogP contribution in [0, 0.1) is 0 Å². The molecule has 420 valence electrons. The number of allylic oxidation sites excluding steroid dienone is 6. The first-order valence-electron chi connectivity index (χ1n) is 31.0. The lowest BCUT2D eigenvalue weighted by atomic mass is 9.85. The number of thiophene rings is 2. The lowest BCUT2D eigenvalue weighted by Crippen LogP contribution is -1.96. The molecule has 0 saturated carbocycles. The Labute approximate surface area is 530 Å². The minimum absolute atomic E-state index is 0.920. The van der Waals surface area contributed by atoms with Crippen molar-refractivity contribution in [3.05, 3.63) is 327 Å². The predicted molar refractivity (Wildman–Crippen MR) is 390 cm³/mol. The number of benzene rings is 14. The fourth-order valence-corrected chi connectivity index (χ4v) is 16.7. The van der Waals surface area contributed by atoms with Crippen LogP contribution >= 0.6 is 22.7 Å². The Bertz CT molecular complexity index is 5520. The van der Waals surface area contributed by atoms with E-state index in [1.165, 1.54) is 162 Å². The molecular formula is C87H55NS2. The van der Waals surface area contributed by atoms with Gasteiger partial charge in [0.15, 0.2) is 0 Å². The van der Waals surface area contributed by atoms with E-state index in [0.29, 0.717) is 0 Å². The Morgan fingerprint density at radius 3 is 1.18 bits per heavy atom. The highest BCUT2D eigenvalue weighted by molar-refractivity contribution is 7.26. The first-order chi connectivity index (χ1) is 44.6. The smallest absolute Gasteiger partial charge is 0.0547 e. The van der Waals surface area contributed by atoms with Crippen molar-refractivity contribution in [2.75, 3.05) is 0 Å². The Morgan fingerprint density at radius 1 is 0.267 bits per heavy atom. The van der Waals surface area contributed by atoms with Crippen LogP contribution in [0.1, 0.15) is 12.0 Å². The monoisotopic (exact) mass is 1180 g/mol. The highest BCUT2D eigenvalue weighted by atomic mass is 32.1. The third-order valence-electron chi connectivity index (χ3n) is 18.6. The van der Waals surface area contributed by atoms with Crippen molar-refractivity contribution in [1.29, 1.82) is 0 Å². The van der Waals surface area contributed by atoms with Crippen LogP contribution in [0.5, 0.6) is 0 Å². The van der Waals surface area contributed by atoms with E-state index >= 15 is 0 Å². The zero-order valence-corrected chi connectivity index (χ0v) is 50.7. The zero-order chi connectivity index (χ0) is 59.2. The van der Waals surface area contributed by atoms with Crippen LogP contribution < -0.4 is 0 Å². The summed E-state index contributed by atoms with van der Waals surface area (Å²) >= 11 is 3.80. The van der Waals surface area contributed by atoms with E-state index in [9.17, 15) is 0 Å². The van der Waals surface area contributed by atoms with E-state index in [1.807, 2.05) is 22.7 Å². The normalized spacial score (nSPS) is 12.6. The molecule has 3 heteroatoms. The minimum atomic E-state index is 0.920. The lowest BCUT2D eigenvalue weighted by Gasteiger charge is -2.19. The van der Waals surface area contributed by atoms with E-state index in [0.717, 1.165) is 23.1 Å². The summed E-state index contributed by atoms with van der Waals surface area (Å²) in [6, 6.07) is 109. The van der Waals surface area contributed by atoms with Gasteiger partial charge in [-0.1, -0.05) is 249 Å². The topological polar surface area (TPSA) is 4.93 Å². The standard InChI is InChI=1S/C87H55NS2/c1-2-8-31-59(30-7-1)84-70-34-17-19-36-72(70)85(73-37-20-18-35-71(73)84)64-32-21-33-67(46-64)88-80-53-62(74-49-65(57-26-13-5-14-27-57)51-78-76-47-60(55-22-9-3-10-23-55)40-44-82(76)89-86(74)78)38-42-68(80)69-43-39-63(54-81(69)88)75-50-66(58-28-15-6-16-29-58)52-79-77-48-61(56-24-11-4-12-25-56)41-45-83(77)90-87(75)79/h1,3-54H,2H2. The molecule has 0 bridgehead atoms. The third-order valence-corrected chi connectivity index (χ3v) is 21.0. The molecule has 14 aromatic carbocycles. The van der Waals surface area contributed by atoms with Gasteiger partial charge in [-0.15, -0.1) is 22.7 Å². The molecule has 0 N–H and O–H groups in total. The second-order valence-corrected chi connectivity index (χ2v) is 25.9. The number of hydrogen-bond acceptors (Lipinski definition) is 2. The molecule has 90 heavy (non-hydrogen) atoms. The molecule has 0 radical (unpaired) electrons. The lowest BCUT2D eigenvalue weighted by molar-refractivity contribution is 1.18. The van der Waals surface area contributed by atoms with Crippen molar-refractivity contribution < 1.29 is 0 Å². The van der Waals surface area contributed by atoms with Gasteiger partial charge < -0.3 is 4.57 Å². The summed E-state index contributed by atoms with van der Waals surface area (Å²) in [5.74, 6) is 0. The zero-order valence-electron chi connectivity index (χ0n) is 49.1. The van der Waals surface area contributed by atoms with Gasteiger partial charge in [0.1, 0.15) is 0 Å². The second-order valence-electron chi connectivity index (χ2n) is 23.8. The van der Waals surface area contributed by atoms with Crippen molar-refractivity contribution >= 4 is 112 Å². The molecule has 18 rings (SSSR count). The molecule has 1 aliphatic rings. The maximum absolute atomic E-state index is 2.57. The van der Waals surface area contributed by atoms with Crippen molar-refractivity contribution in [2.45, 2.75) is 6.42 Å². The quantitative estimate of drug-likeness (QED) is 0.127. The average molecular weight is 1180 g/mol. The SMILES string of the molecule is C1=CCC=CC(c2c3ccccc3c(-c3cccc(-n4c5cc(-c6cc(-c7ccccc7)cc7c6sc6ccc(-c8ccccc8)cc67)ccc5c5ccc(-c6cc(-c7ccccc7)cc7c6sc6ccc(-c8ccccc8)cc67)cc54)c3)c3ccccc23)=C1. The molecular weight excluding hydrogens is 1120 g/mol. The molecule has 0 aliphatic heterocycles. The summed E-state index contributed by atoms with van der Waals surface area (Å²) in [4.78, 5) is 0. The molecule has 0 saturated heterocycles. The van der Waals surface area contributed by atoms with Crippen molar-refractivity contribution in [3.63, 3.8) is 0 Å². The number of hydrogen-bond donors (Lipinski definition) is 0. The van der Waals surface area contributed by atoms with Gasteiger partial charge in [-0.2, -0.15) is 0 Å². The van der Waals surface area contributed by atoms with E-state index in [4.69, 9.17) is 0 Å². The van der Waals surface area contributed by atoms with Gasteiger partial charge in [0.2, 0.25) is 0 Å². The van der Waals surface area contributed by atoms with E-state index in [2.05, 4.69) is 326 Å². The maximum Gasteiger partial charge on any atom is 0.0547 e. The second kappa shape index (κ2) is 21.4. The number of fused-ring (bicyclic) bond motifs is 11. The van der Waals surface area contributed by atoms with E-state index in [-0.39, 0.29) is 0 Å². The molecule has 3 heterocycles. The minimum Gasteiger partial charge on any atom is -0.309 e. The van der Waals surface area contributed by atoms with Crippen molar-refractivity contribution in [3.8, 4) is 83.6 Å². The fraction of sp³-hybridized carbons (Fsp3) is 0.0115. The Balaban J connectivity index is 0.898. The van der Waals surface area contributed by atoms with Gasteiger partial charge in [-0.3, -0.25) is 0 Å². The van der Waals surface area contributed by atoms with Crippen LogP contribution in [-0.4, -0.2) is 4.57 Å². The van der Waals surface area contributed by atoms with Crippen LogP contribution in [0.2, 0.25) is 0 Å². The highest BCUT2D eigenvalue weighted by Gasteiger charge is 2.23. The molecule has 0 atom stereocenters. The van der Waals surface area contributed by atoms with Gasteiger partial charge >= 0.3 is 0 Å². The van der Waals surface area contributed by atoms with Gasteiger partial charge in [0.25, 0.3) is 0 Å². The molecule has 0 unspecified atom stereocenters. The average Bonchev–Trinajstić information content (AvgIpc) is 1.52. The molecule has 17 aromatic rings. The Kier molecular flexibility index (Phi) is 12.4. The van der Waals surface area contributed by atoms with Crippen molar-refractivity contribution in [1.82, 2.24) is 4.57 Å². The van der Waals surface area contributed by atoms with E-state index < -0.39 is 0 Å². The first-order valence-corrected chi connectivity index (χ1v) is 32.6. The van der Waals surface area contributed by atoms with Crippen LogP contribution in [0.4, 0.5) is 0 Å². The molecule has 3 aromatic heterocycles. The van der Waals surface area contributed by atoms with Gasteiger partial charge in [-0.05, 0) is 179 Å². The van der Waals surface area contributed by atoms with Crippen LogP contribution in [0.3, 0.4) is 0 Å². The van der Waals surface area contributed by atoms with Crippen LogP contribution in [-0.2, 0) is 0 Å². The molecule has 0 fully saturated rings. The summed E-state index contributed by atoms with van der Waals surface area (Å²) in [5.41, 5.74) is 22.9. The van der Waals surface area contributed by atoms with Crippen LogP contribution in [0.25, 0.3) is 173 Å². The first kappa shape index (κ1) is 52.2. The maximum atomic E-state index is 2.57. The number of aromatic nitrogens is 1. The third kappa shape index (κ3) is 8.72. The van der Waals surface area contributed by atoms with Crippen molar-refractivity contribution in [2.24, 2.45) is 0 Å². The van der Waals surface area contributed by atoms with E-state index in [1.54, 1.807) is 0 Å². The van der Waals surface area contributed by atoms with Gasteiger partial charge in [0.05, 0.1) is 11.0 Å². The largest absolute Gasteiger partial charge is 0.309 e. The highest BCUT2D eigenvalue weighted by Crippen LogP contribution is 2.49. The molecule has 0 amide bonds. The summed E-state index contributed by atoms with van der Waals surface area (Å²) in [7, 11) is 0. The van der Waals surface area contributed by atoms with Crippen LogP contribution in [0.15, 0.2) is 322 Å². The number of rotatable bonds is 9. The summed E-state index contributed by atoms with van der Waals surface area (Å²) < 4.78 is 7.71. The number of nitrogens with zero attached hydrogens (tertiary/aromatic N) is 1. The summed E-state index contributed by atoms with van der Waals surface area (Å²) in [5, 5.41) is 12.5.